The molecule has 6 nitrogen and oxygen atoms in total. The Morgan fingerprint density at radius 1 is 1.27 bits per heavy atom. The first-order valence-electron chi connectivity index (χ1n) is 10.0. The zero-order valence-electron chi connectivity index (χ0n) is 16.5. The summed E-state index contributed by atoms with van der Waals surface area (Å²) in [7, 11) is 0. The first-order valence-corrected chi connectivity index (χ1v) is 10.0. The molecular weight excluding hydrogens is 376 g/mol. The average molecular weight is 398 g/mol. The molecule has 4 rings (SSSR count). The van der Waals surface area contributed by atoms with E-state index in [9.17, 15) is 14.9 Å². The molecule has 0 aliphatic heterocycles. The molecule has 0 fully saturated rings. The lowest BCUT2D eigenvalue weighted by Gasteiger charge is -2.36. The predicted octanol–water partition coefficient (Wildman–Crippen LogP) is 3.27. The Hall–Kier alpha value is -3.72. The number of carbonyl (C=O) groups is 2. The first-order chi connectivity index (χ1) is 14.6. The number of allylic oxidation sites excluding steroid dienone is 2. The lowest BCUT2D eigenvalue weighted by molar-refractivity contribution is -0.139. The van der Waals surface area contributed by atoms with E-state index in [1.54, 1.807) is 35.5 Å². The molecule has 2 aliphatic rings. The van der Waals surface area contributed by atoms with Crippen LogP contribution in [0.1, 0.15) is 53.6 Å². The Morgan fingerprint density at radius 3 is 2.80 bits per heavy atom. The number of carbonyl (C=O) groups excluding carboxylic acids is 2. The number of primary amides is 1. The van der Waals surface area contributed by atoms with Gasteiger partial charge in [0.05, 0.1) is 17.7 Å². The number of amides is 2. The number of rotatable bonds is 5. The molecule has 1 aromatic carbocycles. The number of fused-ring (bicyclic) bond motifs is 1. The van der Waals surface area contributed by atoms with Crippen LogP contribution >= 0.6 is 0 Å². The SMILES string of the molecule is N#Cc1ccc2c(c1)C(N(C(=O)C1=CCCC=C1)C(C(N)=O)c1cccnc1)CC2. The largest absolute Gasteiger partial charge is 0.368 e. The van der Waals surface area contributed by atoms with Crippen molar-refractivity contribution in [3.05, 3.63) is 88.8 Å². The summed E-state index contributed by atoms with van der Waals surface area (Å²) in [5.74, 6) is -0.847. The van der Waals surface area contributed by atoms with Crippen LogP contribution in [0.4, 0.5) is 0 Å². The van der Waals surface area contributed by atoms with Crippen LogP contribution in [-0.4, -0.2) is 21.7 Å². The van der Waals surface area contributed by atoms with Gasteiger partial charge < -0.3 is 10.6 Å². The number of hydrogen-bond acceptors (Lipinski definition) is 4. The number of aryl methyl sites for hydroxylation is 1. The Morgan fingerprint density at radius 2 is 2.13 bits per heavy atom. The molecule has 2 aromatic rings. The molecule has 0 spiro atoms. The molecule has 2 atom stereocenters. The van der Waals surface area contributed by atoms with Gasteiger partial charge in [0, 0.05) is 23.5 Å². The van der Waals surface area contributed by atoms with Crippen molar-refractivity contribution >= 4 is 11.8 Å². The lowest BCUT2D eigenvalue weighted by atomic mass is 9.97. The summed E-state index contributed by atoms with van der Waals surface area (Å²) in [4.78, 5) is 32.0. The second-order valence-corrected chi connectivity index (χ2v) is 7.52. The van der Waals surface area contributed by atoms with Crippen molar-refractivity contribution in [2.75, 3.05) is 0 Å². The maximum Gasteiger partial charge on any atom is 0.254 e. The van der Waals surface area contributed by atoms with Crippen LogP contribution in [0.25, 0.3) is 0 Å². The Kier molecular flexibility index (Phi) is 5.44. The summed E-state index contributed by atoms with van der Waals surface area (Å²) in [6.07, 6.45) is 12.0. The third kappa shape index (κ3) is 3.62. The first kappa shape index (κ1) is 19.6. The van der Waals surface area contributed by atoms with Crippen molar-refractivity contribution in [1.82, 2.24) is 9.88 Å². The van der Waals surface area contributed by atoms with E-state index >= 15 is 0 Å². The molecule has 30 heavy (non-hydrogen) atoms. The fourth-order valence-electron chi connectivity index (χ4n) is 4.30. The molecule has 2 aliphatic carbocycles. The molecule has 2 amide bonds. The monoisotopic (exact) mass is 398 g/mol. The molecule has 2 N–H and O–H groups in total. The highest BCUT2D eigenvalue weighted by Gasteiger charge is 2.40. The number of hydrogen-bond donors (Lipinski definition) is 1. The molecule has 2 unspecified atom stereocenters. The Labute approximate surface area is 175 Å². The molecule has 0 bridgehead atoms. The molecule has 0 radical (unpaired) electrons. The fourth-order valence-corrected chi connectivity index (χ4v) is 4.30. The number of nitriles is 1. The van der Waals surface area contributed by atoms with Gasteiger partial charge in [-0.2, -0.15) is 5.26 Å². The van der Waals surface area contributed by atoms with Gasteiger partial charge >= 0.3 is 0 Å². The van der Waals surface area contributed by atoms with E-state index in [-0.39, 0.29) is 11.9 Å². The highest BCUT2D eigenvalue weighted by molar-refractivity contribution is 5.99. The molecule has 150 valence electrons. The topological polar surface area (TPSA) is 100 Å². The van der Waals surface area contributed by atoms with Crippen LogP contribution in [-0.2, 0) is 16.0 Å². The average Bonchev–Trinajstić information content (AvgIpc) is 3.20. The van der Waals surface area contributed by atoms with E-state index < -0.39 is 11.9 Å². The Balaban J connectivity index is 1.84. The van der Waals surface area contributed by atoms with Crippen molar-refractivity contribution < 1.29 is 9.59 Å². The van der Waals surface area contributed by atoms with Gasteiger partial charge in [0.15, 0.2) is 0 Å². The second kappa shape index (κ2) is 8.34. The van der Waals surface area contributed by atoms with Crippen LogP contribution in [0.3, 0.4) is 0 Å². The number of nitrogens with two attached hydrogens (primary N) is 1. The smallest absolute Gasteiger partial charge is 0.254 e. The molecule has 1 aromatic heterocycles. The van der Waals surface area contributed by atoms with Gasteiger partial charge in [-0.1, -0.05) is 30.4 Å². The van der Waals surface area contributed by atoms with Crippen LogP contribution in [0.2, 0.25) is 0 Å². The summed E-state index contributed by atoms with van der Waals surface area (Å²) in [5, 5.41) is 9.35. The maximum absolute atomic E-state index is 13.7. The molecule has 0 saturated heterocycles. The van der Waals surface area contributed by atoms with Gasteiger partial charge in [-0.05, 0) is 55.0 Å². The van der Waals surface area contributed by atoms with E-state index in [0.717, 1.165) is 30.4 Å². The normalized spacial score (nSPS) is 18.1. The summed E-state index contributed by atoms with van der Waals surface area (Å²) >= 11 is 0. The van der Waals surface area contributed by atoms with Gasteiger partial charge in [0.2, 0.25) is 5.91 Å². The van der Waals surface area contributed by atoms with Gasteiger partial charge in [-0.3, -0.25) is 14.6 Å². The fraction of sp³-hybridized carbons (Fsp3) is 0.250. The minimum Gasteiger partial charge on any atom is -0.368 e. The number of pyridine rings is 1. The van der Waals surface area contributed by atoms with Gasteiger partial charge in [0.25, 0.3) is 5.91 Å². The quantitative estimate of drug-likeness (QED) is 0.835. The third-order valence-electron chi connectivity index (χ3n) is 5.68. The number of benzene rings is 1. The standard InChI is InChI=1S/C24H22N4O2/c25-14-16-8-9-17-10-11-21(20(17)13-16)28(24(30)18-5-2-1-3-6-18)22(23(26)29)19-7-4-12-27-15-19/h2,4-9,12-13,15,21-22H,1,3,10-11H2,(H2,26,29). The zero-order valence-corrected chi connectivity index (χ0v) is 16.5. The van der Waals surface area contributed by atoms with Gasteiger partial charge in [0.1, 0.15) is 6.04 Å². The van der Waals surface area contributed by atoms with Crippen molar-refractivity contribution in [3.8, 4) is 6.07 Å². The third-order valence-corrected chi connectivity index (χ3v) is 5.68. The maximum atomic E-state index is 13.7. The summed E-state index contributed by atoms with van der Waals surface area (Å²) in [6, 6.07) is 9.88. The predicted molar refractivity (Wildman–Crippen MR) is 112 cm³/mol. The van der Waals surface area contributed by atoms with Gasteiger partial charge in [-0.25, -0.2) is 0 Å². The lowest BCUT2D eigenvalue weighted by Crippen LogP contribution is -2.44. The Bertz CT molecular complexity index is 1080. The highest BCUT2D eigenvalue weighted by atomic mass is 16.2. The van der Waals surface area contributed by atoms with Crippen LogP contribution in [0, 0.1) is 11.3 Å². The molecular formula is C24H22N4O2. The minimum atomic E-state index is -0.955. The summed E-state index contributed by atoms with van der Waals surface area (Å²) in [6.45, 7) is 0. The number of aromatic nitrogens is 1. The molecule has 1 heterocycles. The van der Waals surface area contributed by atoms with Crippen molar-refractivity contribution in [3.63, 3.8) is 0 Å². The van der Waals surface area contributed by atoms with Crippen molar-refractivity contribution in [2.45, 2.75) is 37.8 Å². The second-order valence-electron chi connectivity index (χ2n) is 7.52. The summed E-state index contributed by atoms with van der Waals surface area (Å²) in [5.41, 5.74) is 9.47. The van der Waals surface area contributed by atoms with Crippen molar-refractivity contribution in [1.29, 1.82) is 5.26 Å². The summed E-state index contributed by atoms with van der Waals surface area (Å²) < 4.78 is 0. The molecule has 0 saturated carbocycles. The number of nitrogens with zero attached hydrogens (tertiary/aromatic N) is 3. The van der Waals surface area contributed by atoms with Crippen LogP contribution in [0.15, 0.2) is 66.5 Å². The zero-order chi connectivity index (χ0) is 21.1. The van der Waals surface area contributed by atoms with Gasteiger partial charge in [-0.15, -0.1) is 0 Å². The van der Waals surface area contributed by atoms with Crippen LogP contribution < -0.4 is 5.73 Å². The minimum absolute atomic E-state index is 0.237. The van der Waals surface area contributed by atoms with E-state index in [4.69, 9.17) is 5.73 Å². The van der Waals surface area contributed by atoms with E-state index in [2.05, 4.69) is 11.1 Å². The van der Waals surface area contributed by atoms with E-state index in [0.29, 0.717) is 23.1 Å². The highest BCUT2D eigenvalue weighted by Crippen LogP contribution is 2.41. The van der Waals surface area contributed by atoms with E-state index in [1.165, 1.54) is 0 Å². The van der Waals surface area contributed by atoms with Crippen LogP contribution in [0.5, 0.6) is 0 Å². The molecule has 6 heteroatoms. The van der Waals surface area contributed by atoms with Crippen molar-refractivity contribution in [2.24, 2.45) is 5.73 Å². The van der Waals surface area contributed by atoms with E-state index in [1.807, 2.05) is 30.4 Å².